The summed E-state index contributed by atoms with van der Waals surface area (Å²) in [6.07, 6.45) is 3.66. The van der Waals surface area contributed by atoms with Gasteiger partial charge in [-0.25, -0.2) is 0 Å². The number of likely N-dealkylation sites (N-methyl/N-ethyl adjacent to an activating group) is 1. The molecule has 0 radical (unpaired) electrons. The van der Waals surface area contributed by atoms with Crippen LogP contribution in [0.3, 0.4) is 0 Å². The average Bonchev–Trinajstić information content (AvgIpc) is 2.96. The number of hydrogen-bond acceptors (Lipinski definition) is 5. The molecule has 2 aliphatic rings. The van der Waals surface area contributed by atoms with Crippen LogP contribution in [-0.2, 0) is 0 Å². The van der Waals surface area contributed by atoms with E-state index >= 15 is 0 Å². The fourth-order valence-corrected chi connectivity index (χ4v) is 4.05. The second-order valence-electron chi connectivity index (χ2n) is 7.35. The Bertz CT molecular complexity index is 551. The van der Waals surface area contributed by atoms with Crippen molar-refractivity contribution < 1.29 is 9.47 Å². The molecule has 3 unspecified atom stereocenters. The van der Waals surface area contributed by atoms with Gasteiger partial charge in [-0.2, -0.15) is 0 Å². The molecule has 2 saturated heterocycles. The van der Waals surface area contributed by atoms with E-state index in [2.05, 4.69) is 42.1 Å². The summed E-state index contributed by atoms with van der Waals surface area (Å²) in [5.41, 5.74) is 7.15. The van der Waals surface area contributed by atoms with E-state index in [1.54, 1.807) is 7.11 Å². The van der Waals surface area contributed by atoms with Gasteiger partial charge in [0.2, 0.25) is 0 Å². The first-order valence-electron chi connectivity index (χ1n) is 9.04. The third kappa shape index (κ3) is 3.85. The second kappa shape index (κ2) is 7.72. The minimum Gasteiger partial charge on any atom is -0.493 e. The van der Waals surface area contributed by atoms with Gasteiger partial charge in [0.15, 0.2) is 11.5 Å². The van der Waals surface area contributed by atoms with E-state index in [9.17, 15) is 0 Å². The molecule has 134 valence electrons. The zero-order chi connectivity index (χ0) is 17.1. The highest BCUT2D eigenvalue weighted by Gasteiger charge is 2.30. The van der Waals surface area contributed by atoms with Gasteiger partial charge in [-0.05, 0) is 70.1 Å². The highest BCUT2D eigenvalue weighted by Crippen LogP contribution is 2.38. The lowest BCUT2D eigenvalue weighted by molar-refractivity contribution is 0.101. The van der Waals surface area contributed by atoms with Gasteiger partial charge in [-0.1, -0.05) is 6.07 Å². The SMILES string of the molecule is COc1cc(C2CC(CN)CN2C)ccc1OC1CCCN(C)C1. The Morgan fingerprint density at radius 2 is 2.04 bits per heavy atom. The van der Waals surface area contributed by atoms with Crippen molar-refractivity contribution >= 4 is 0 Å². The number of benzene rings is 1. The molecule has 3 atom stereocenters. The lowest BCUT2D eigenvalue weighted by Crippen LogP contribution is -2.38. The number of rotatable bonds is 5. The molecule has 3 rings (SSSR count). The third-order valence-corrected chi connectivity index (χ3v) is 5.42. The van der Waals surface area contributed by atoms with Crippen LogP contribution in [0.2, 0.25) is 0 Å². The summed E-state index contributed by atoms with van der Waals surface area (Å²) in [5, 5.41) is 0. The van der Waals surface area contributed by atoms with Crippen molar-refractivity contribution in [1.29, 1.82) is 0 Å². The van der Waals surface area contributed by atoms with E-state index < -0.39 is 0 Å². The Morgan fingerprint density at radius 3 is 2.71 bits per heavy atom. The van der Waals surface area contributed by atoms with Crippen molar-refractivity contribution in [3.8, 4) is 11.5 Å². The van der Waals surface area contributed by atoms with Crippen LogP contribution in [0.1, 0.15) is 30.9 Å². The van der Waals surface area contributed by atoms with Crippen LogP contribution in [0.5, 0.6) is 11.5 Å². The summed E-state index contributed by atoms with van der Waals surface area (Å²) in [5.74, 6) is 2.28. The molecule has 2 aliphatic heterocycles. The fraction of sp³-hybridized carbons (Fsp3) is 0.684. The predicted octanol–water partition coefficient (Wildman–Crippen LogP) is 2.12. The molecule has 0 aromatic heterocycles. The van der Waals surface area contributed by atoms with Gasteiger partial charge in [0.25, 0.3) is 0 Å². The first kappa shape index (κ1) is 17.5. The van der Waals surface area contributed by atoms with Gasteiger partial charge in [-0.3, -0.25) is 4.90 Å². The molecule has 0 spiro atoms. The number of piperidine rings is 1. The van der Waals surface area contributed by atoms with Crippen LogP contribution in [-0.4, -0.2) is 63.3 Å². The maximum atomic E-state index is 6.23. The van der Waals surface area contributed by atoms with E-state index in [-0.39, 0.29) is 6.10 Å². The number of likely N-dealkylation sites (tertiary alicyclic amines) is 2. The number of hydrogen-bond donors (Lipinski definition) is 1. The summed E-state index contributed by atoms with van der Waals surface area (Å²) >= 11 is 0. The van der Waals surface area contributed by atoms with Crippen molar-refractivity contribution in [2.45, 2.75) is 31.4 Å². The van der Waals surface area contributed by atoms with Gasteiger partial charge in [0, 0.05) is 19.1 Å². The summed E-state index contributed by atoms with van der Waals surface area (Å²) in [7, 11) is 6.05. The van der Waals surface area contributed by atoms with E-state index in [1.165, 1.54) is 12.0 Å². The highest BCUT2D eigenvalue weighted by molar-refractivity contribution is 5.44. The molecule has 0 amide bonds. The second-order valence-corrected chi connectivity index (χ2v) is 7.35. The van der Waals surface area contributed by atoms with Crippen molar-refractivity contribution in [2.24, 2.45) is 11.7 Å². The van der Waals surface area contributed by atoms with Crippen LogP contribution in [0, 0.1) is 5.92 Å². The van der Waals surface area contributed by atoms with E-state index in [0.29, 0.717) is 12.0 Å². The van der Waals surface area contributed by atoms with Crippen LogP contribution in [0.4, 0.5) is 0 Å². The van der Waals surface area contributed by atoms with Gasteiger partial charge < -0.3 is 20.1 Å². The Hall–Kier alpha value is -1.30. The van der Waals surface area contributed by atoms with Crippen molar-refractivity contribution in [2.75, 3.05) is 47.4 Å². The summed E-state index contributed by atoms with van der Waals surface area (Å²) in [6.45, 7) is 3.96. The zero-order valence-corrected chi connectivity index (χ0v) is 15.2. The van der Waals surface area contributed by atoms with E-state index in [4.69, 9.17) is 15.2 Å². The smallest absolute Gasteiger partial charge is 0.161 e. The number of methoxy groups -OCH3 is 1. The van der Waals surface area contributed by atoms with Crippen molar-refractivity contribution in [3.63, 3.8) is 0 Å². The van der Waals surface area contributed by atoms with Crippen molar-refractivity contribution in [3.05, 3.63) is 23.8 Å². The summed E-state index contributed by atoms with van der Waals surface area (Å²) in [6, 6.07) is 6.82. The Kier molecular flexibility index (Phi) is 5.64. The normalized spacial score (nSPS) is 28.9. The molecule has 5 heteroatoms. The fourth-order valence-electron chi connectivity index (χ4n) is 4.05. The third-order valence-electron chi connectivity index (χ3n) is 5.42. The maximum Gasteiger partial charge on any atom is 0.161 e. The number of nitrogens with two attached hydrogens (primary N) is 1. The van der Waals surface area contributed by atoms with Crippen molar-refractivity contribution in [1.82, 2.24) is 9.80 Å². The first-order valence-corrected chi connectivity index (χ1v) is 9.04. The van der Waals surface area contributed by atoms with E-state index in [1.807, 2.05) is 0 Å². The zero-order valence-electron chi connectivity index (χ0n) is 15.2. The average molecular weight is 333 g/mol. The largest absolute Gasteiger partial charge is 0.493 e. The summed E-state index contributed by atoms with van der Waals surface area (Å²) in [4.78, 5) is 4.72. The minimum atomic E-state index is 0.249. The van der Waals surface area contributed by atoms with Gasteiger partial charge in [-0.15, -0.1) is 0 Å². The molecule has 1 aromatic carbocycles. The maximum absolute atomic E-state index is 6.23. The first-order chi connectivity index (χ1) is 11.6. The monoisotopic (exact) mass is 333 g/mol. The number of nitrogens with zero attached hydrogens (tertiary/aromatic N) is 2. The quantitative estimate of drug-likeness (QED) is 0.894. The lowest BCUT2D eigenvalue weighted by atomic mass is 9.99. The molecule has 0 saturated carbocycles. The Labute approximate surface area is 145 Å². The molecule has 1 aromatic rings. The Morgan fingerprint density at radius 1 is 1.21 bits per heavy atom. The van der Waals surface area contributed by atoms with Crippen LogP contribution >= 0.6 is 0 Å². The highest BCUT2D eigenvalue weighted by atomic mass is 16.5. The van der Waals surface area contributed by atoms with Crippen LogP contribution in [0.15, 0.2) is 18.2 Å². The van der Waals surface area contributed by atoms with E-state index in [0.717, 1.165) is 50.5 Å². The molecule has 0 aliphatic carbocycles. The van der Waals surface area contributed by atoms with Gasteiger partial charge in [0.1, 0.15) is 6.10 Å². The topological polar surface area (TPSA) is 51.0 Å². The van der Waals surface area contributed by atoms with Gasteiger partial charge in [0.05, 0.1) is 7.11 Å². The molecule has 24 heavy (non-hydrogen) atoms. The predicted molar refractivity (Wildman–Crippen MR) is 96.7 cm³/mol. The molecular formula is C19H31N3O2. The summed E-state index contributed by atoms with van der Waals surface area (Å²) < 4.78 is 11.9. The molecule has 5 nitrogen and oxygen atoms in total. The molecule has 0 bridgehead atoms. The molecule has 2 N–H and O–H groups in total. The lowest BCUT2D eigenvalue weighted by Gasteiger charge is -2.30. The minimum absolute atomic E-state index is 0.249. The standard InChI is InChI=1S/C19H31N3O2/c1-21-8-4-5-16(13-21)24-18-7-6-15(10-19(18)23-3)17-9-14(11-20)12-22(17)2/h6-7,10,14,16-17H,4-5,8-9,11-13,20H2,1-3H3. The molecule has 2 heterocycles. The Balaban J connectivity index is 1.73. The van der Waals surface area contributed by atoms with Crippen LogP contribution < -0.4 is 15.2 Å². The molecular weight excluding hydrogens is 302 g/mol. The molecule has 2 fully saturated rings. The van der Waals surface area contributed by atoms with Gasteiger partial charge >= 0.3 is 0 Å². The number of ether oxygens (including phenoxy) is 2. The van der Waals surface area contributed by atoms with Crippen LogP contribution in [0.25, 0.3) is 0 Å².